The van der Waals surface area contributed by atoms with Gasteiger partial charge in [-0.3, -0.25) is 4.40 Å². The number of benzene rings is 1. The van der Waals surface area contributed by atoms with Crippen LogP contribution in [-0.4, -0.2) is 31.8 Å². The van der Waals surface area contributed by atoms with Crippen molar-refractivity contribution in [2.24, 2.45) is 0 Å². The first-order chi connectivity index (χ1) is 10.8. The van der Waals surface area contributed by atoms with E-state index in [0.717, 1.165) is 16.8 Å². The Kier molecular flexibility index (Phi) is 2.82. The van der Waals surface area contributed by atoms with Crippen LogP contribution in [0.2, 0.25) is 0 Å². The third-order valence-electron chi connectivity index (χ3n) is 3.31. The number of methoxy groups -OCH3 is 1. The zero-order chi connectivity index (χ0) is 14.9. The van der Waals surface area contributed by atoms with Gasteiger partial charge in [-0.1, -0.05) is 17.3 Å². The van der Waals surface area contributed by atoms with Crippen LogP contribution in [-0.2, 0) is 0 Å². The molecule has 3 heterocycles. The third-order valence-corrected chi connectivity index (χ3v) is 3.31. The number of para-hydroxylation sites is 1. The summed E-state index contributed by atoms with van der Waals surface area (Å²) in [5.41, 5.74) is 2.34. The molecule has 0 bridgehead atoms. The van der Waals surface area contributed by atoms with E-state index in [1.165, 1.54) is 0 Å². The highest BCUT2D eigenvalue weighted by atomic mass is 16.5. The quantitative estimate of drug-likeness (QED) is 0.577. The number of nitrogens with zero attached hydrogens (tertiary/aromatic N) is 5. The maximum Gasteiger partial charge on any atom is 0.262 e. The second-order valence-electron chi connectivity index (χ2n) is 4.64. The highest BCUT2D eigenvalue weighted by Crippen LogP contribution is 2.29. The lowest BCUT2D eigenvalue weighted by Crippen LogP contribution is -1.88. The second kappa shape index (κ2) is 4.96. The van der Waals surface area contributed by atoms with Gasteiger partial charge in [0.15, 0.2) is 5.65 Å². The van der Waals surface area contributed by atoms with Gasteiger partial charge in [0, 0.05) is 11.8 Å². The molecule has 4 aromatic rings. The van der Waals surface area contributed by atoms with E-state index in [9.17, 15) is 0 Å². The Morgan fingerprint density at radius 2 is 2.05 bits per heavy atom. The van der Waals surface area contributed by atoms with Crippen LogP contribution in [0.3, 0.4) is 0 Å². The van der Waals surface area contributed by atoms with Crippen molar-refractivity contribution in [1.82, 2.24) is 24.7 Å². The second-order valence-corrected chi connectivity index (χ2v) is 4.64. The lowest BCUT2D eigenvalue weighted by Gasteiger charge is -2.02. The Bertz CT molecular complexity index is 944. The summed E-state index contributed by atoms with van der Waals surface area (Å²) in [4.78, 5) is 4.44. The highest BCUT2D eigenvalue weighted by molar-refractivity contribution is 5.65. The average Bonchev–Trinajstić information content (AvgIpc) is 3.23. The summed E-state index contributed by atoms with van der Waals surface area (Å²) in [6.45, 7) is 0. The summed E-state index contributed by atoms with van der Waals surface area (Å²) in [5.74, 6) is 1.60. The fourth-order valence-corrected chi connectivity index (χ4v) is 2.23. The monoisotopic (exact) mass is 293 g/mol. The largest absolute Gasteiger partial charge is 0.496 e. The first-order valence-corrected chi connectivity index (χ1v) is 6.62. The molecule has 22 heavy (non-hydrogen) atoms. The van der Waals surface area contributed by atoms with Crippen molar-refractivity contribution in [2.75, 3.05) is 7.11 Å². The number of pyridine rings is 1. The van der Waals surface area contributed by atoms with Crippen LogP contribution < -0.4 is 4.74 Å². The molecule has 7 heteroatoms. The molecule has 0 saturated heterocycles. The van der Waals surface area contributed by atoms with E-state index < -0.39 is 0 Å². The number of hydrogen-bond donors (Lipinski definition) is 0. The standard InChI is InChI=1S/C15H11N5O2/c1-21-12-5-3-2-4-11(12)15-17-14(19-22-15)10-6-7-13-18-16-9-20(13)8-10/h2-9H,1H3. The van der Waals surface area contributed by atoms with Gasteiger partial charge in [0.25, 0.3) is 5.89 Å². The van der Waals surface area contributed by atoms with Gasteiger partial charge in [0.05, 0.1) is 12.7 Å². The number of hydrogen-bond acceptors (Lipinski definition) is 6. The lowest BCUT2D eigenvalue weighted by atomic mass is 10.2. The van der Waals surface area contributed by atoms with Crippen molar-refractivity contribution in [3.8, 4) is 28.6 Å². The molecule has 4 rings (SSSR count). The van der Waals surface area contributed by atoms with Crippen molar-refractivity contribution in [2.45, 2.75) is 0 Å². The van der Waals surface area contributed by atoms with E-state index in [0.29, 0.717) is 17.5 Å². The summed E-state index contributed by atoms with van der Waals surface area (Å²) in [6.07, 6.45) is 3.48. The molecule has 0 aliphatic rings. The van der Waals surface area contributed by atoms with Crippen molar-refractivity contribution in [3.63, 3.8) is 0 Å². The Morgan fingerprint density at radius 3 is 2.95 bits per heavy atom. The minimum absolute atomic E-state index is 0.413. The minimum Gasteiger partial charge on any atom is -0.496 e. The zero-order valence-corrected chi connectivity index (χ0v) is 11.7. The molecule has 3 aromatic heterocycles. The normalized spacial score (nSPS) is 11.0. The summed E-state index contributed by atoms with van der Waals surface area (Å²) in [6, 6.07) is 11.2. The minimum atomic E-state index is 0.413. The molecule has 0 N–H and O–H groups in total. The van der Waals surface area contributed by atoms with Crippen molar-refractivity contribution in [3.05, 3.63) is 48.9 Å². The van der Waals surface area contributed by atoms with Gasteiger partial charge in [-0.25, -0.2) is 0 Å². The van der Waals surface area contributed by atoms with Gasteiger partial charge in [-0.05, 0) is 24.3 Å². The van der Waals surface area contributed by atoms with E-state index >= 15 is 0 Å². The topological polar surface area (TPSA) is 78.3 Å². The van der Waals surface area contributed by atoms with E-state index in [4.69, 9.17) is 9.26 Å². The van der Waals surface area contributed by atoms with Gasteiger partial charge < -0.3 is 9.26 Å². The molecule has 0 fully saturated rings. The molecule has 0 spiro atoms. The van der Waals surface area contributed by atoms with Crippen LogP contribution in [0.5, 0.6) is 5.75 Å². The zero-order valence-electron chi connectivity index (χ0n) is 11.7. The first kappa shape index (κ1) is 12.5. The number of fused-ring (bicyclic) bond motifs is 1. The first-order valence-electron chi connectivity index (χ1n) is 6.62. The predicted octanol–water partition coefficient (Wildman–Crippen LogP) is 2.45. The SMILES string of the molecule is COc1ccccc1-c1nc(-c2ccc3nncn3c2)no1. The Morgan fingerprint density at radius 1 is 1.14 bits per heavy atom. The molecular formula is C15H11N5O2. The number of aromatic nitrogens is 5. The predicted molar refractivity (Wildman–Crippen MR) is 78.3 cm³/mol. The maximum atomic E-state index is 5.36. The molecule has 0 atom stereocenters. The number of ether oxygens (including phenoxy) is 1. The van der Waals surface area contributed by atoms with Gasteiger partial charge in [-0.2, -0.15) is 4.98 Å². The molecule has 1 aromatic carbocycles. The van der Waals surface area contributed by atoms with Crippen molar-refractivity contribution >= 4 is 5.65 Å². The molecule has 0 aliphatic heterocycles. The van der Waals surface area contributed by atoms with Crippen molar-refractivity contribution in [1.29, 1.82) is 0 Å². The highest BCUT2D eigenvalue weighted by Gasteiger charge is 2.14. The van der Waals surface area contributed by atoms with Crippen LogP contribution in [0.1, 0.15) is 0 Å². The van der Waals surface area contributed by atoms with Crippen molar-refractivity contribution < 1.29 is 9.26 Å². The van der Waals surface area contributed by atoms with Gasteiger partial charge in [0.2, 0.25) is 5.82 Å². The van der Waals surface area contributed by atoms with Crippen LogP contribution >= 0.6 is 0 Å². The van der Waals surface area contributed by atoms with E-state index in [2.05, 4.69) is 20.3 Å². The van der Waals surface area contributed by atoms with E-state index in [1.807, 2.05) is 42.6 Å². The summed E-state index contributed by atoms with van der Waals surface area (Å²) in [7, 11) is 1.61. The fraction of sp³-hybridized carbons (Fsp3) is 0.0667. The summed E-state index contributed by atoms with van der Waals surface area (Å²) >= 11 is 0. The van der Waals surface area contributed by atoms with E-state index in [-0.39, 0.29) is 0 Å². The third kappa shape index (κ3) is 1.99. The average molecular weight is 293 g/mol. The summed E-state index contributed by atoms with van der Waals surface area (Å²) in [5, 5.41) is 11.8. The van der Waals surface area contributed by atoms with Gasteiger partial charge >= 0.3 is 0 Å². The maximum absolute atomic E-state index is 5.36. The molecule has 0 amide bonds. The Balaban J connectivity index is 1.77. The van der Waals surface area contributed by atoms with Crippen LogP contribution in [0.25, 0.3) is 28.5 Å². The van der Waals surface area contributed by atoms with Gasteiger partial charge in [0.1, 0.15) is 12.1 Å². The summed E-state index contributed by atoms with van der Waals surface area (Å²) < 4.78 is 12.5. The fourth-order valence-electron chi connectivity index (χ4n) is 2.23. The molecule has 0 aliphatic carbocycles. The molecule has 108 valence electrons. The number of rotatable bonds is 3. The molecule has 0 unspecified atom stereocenters. The molecule has 0 radical (unpaired) electrons. The van der Waals surface area contributed by atoms with Crippen LogP contribution in [0, 0.1) is 0 Å². The van der Waals surface area contributed by atoms with Crippen LogP contribution in [0.4, 0.5) is 0 Å². The molecule has 0 saturated carbocycles. The lowest BCUT2D eigenvalue weighted by molar-refractivity contribution is 0.405. The molecule has 7 nitrogen and oxygen atoms in total. The van der Waals surface area contributed by atoms with Gasteiger partial charge in [-0.15, -0.1) is 10.2 Å². The Hall–Kier alpha value is -3.22. The Labute approximate surface area is 125 Å². The van der Waals surface area contributed by atoms with Crippen LogP contribution in [0.15, 0.2) is 53.4 Å². The molecular weight excluding hydrogens is 282 g/mol. The smallest absolute Gasteiger partial charge is 0.262 e. The van der Waals surface area contributed by atoms with E-state index in [1.54, 1.807) is 17.8 Å².